The van der Waals surface area contributed by atoms with Crippen LogP contribution in [0.5, 0.6) is 0 Å². The molecule has 2 unspecified atom stereocenters. The van der Waals surface area contributed by atoms with Crippen LogP contribution in [0.1, 0.15) is 13.8 Å². The SMILES string of the molecule is CC1CN(c2ccc(S(N)(=O)=O)c(N)c2)CC(C)O1. The molecule has 0 amide bonds. The topological polar surface area (TPSA) is 98.7 Å². The molecule has 0 aliphatic carbocycles. The van der Waals surface area contributed by atoms with Crippen molar-refractivity contribution in [3.8, 4) is 0 Å². The van der Waals surface area contributed by atoms with Gasteiger partial charge in [-0.2, -0.15) is 0 Å². The van der Waals surface area contributed by atoms with E-state index in [1.165, 1.54) is 6.07 Å². The van der Waals surface area contributed by atoms with Gasteiger partial charge in [-0.15, -0.1) is 0 Å². The largest absolute Gasteiger partial charge is 0.398 e. The number of nitrogen functional groups attached to an aromatic ring is 1. The van der Waals surface area contributed by atoms with Gasteiger partial charge in [-0.1, -0.05) is 0 Å². The molecule has 0 bridgehead atoms. The summed E-state index contributed by atoms with van der Waals surface area (Å²) in [6.07, 6.45) is 0.255. The Kier molecular flexibility index (Phi) is 3.71. The summed E-state index contributed by atoms with van der Waals surface area (Å²) in [6, 6.07) is 4.82. The van der Waals surface area contributed by atoms with Crippen molar-refractivity contribution in [1.29, 1.82) is 0 Å². The van der Waals surface area contributed by atoms with Crippen LogP contribution >= 0.6 is 0 Å². The second-order valence-electron chi connectivity index (χ2n) is 4.93. The second-order valence-corrected chi connectivity index (χ2v) is 6.46. The summed E-state index contributed by atoms with van der Waals surface area (Å²) in [5.74, 6) is 0. The monoisotopic (exact) mass is 285 g/mol. The van der Waals surface area contributed by atoms with Gasteiger partial charge in [0.15, 0.2) is 0 Å². The summed E-state index contributed by atoms with van der Waals surface area (Å²) in [5, 5.41) is 5.09. The number of hydrogen-bond donors (Lipinski definition) is 2. The Balaban J connectivity index is 2.30. The molecule has 1 heterocycles. The van der Waals surface area contributed by atoms with E-state index in [-0.39, 0.29) is 22.8 Å². The molecule has 6 nitrogen and oxygen atoms in total. The van der Waals surface area contributed by atoms with Crippen LogP contribution in [0.2, 0.25) is 0 Å². The quantitative estimate of drug-likeness (QED) is 0.772. The van der Waals surface area contributed by atoms with Gasteiger partial charge in [0, 0.05) is 18.8 Å². The van der Waals surface area contributed by atoms with Crippen LogP contribution in [0.15, 0.2) is 23.1 Å². The highest BCUT2D eigenvalue weighted by Crippen LogP contribution is 2.26. The van der Waals surface area contributed by atoms with E-state index < -0.39 is 10.0 Å². The zero-order chi connectivity index (χ0) is 14.2. The Labute approximate surface area is 113 Å². The molecule has 2 rings (SSSR count). The zero-order valence-corrected chi connectivity index (χ0v) is 11.9. The van der Waals surface area contributed by atoms with Crippen molar-refractivity contribution in [2.24, 2.45) is 5.14 Å². The first-order chi connectivity index (χ1) is 8.77. The lowest BCUT2D eigenvalue weighted by molar-refractivity contribution is -0.00521. The predicted molar refractivity (Wildman–Crippen MR) is 74.4 cm³/mol. The molecule has 0 aromatic heterocycles. The minimum atomic E-state index is -3.77. The van der Waals surface area contributed by atoms with E-state index in [2.05, 4.69) is 4.90 Å². The van der Waals surface area contributed by atoms with Crippen molar-refractivity contribution in [3.05, 3.63) is 18.2 Å². The summed E-state index contributed by atoms with van der Waals surface area (Å²) in [4.78, 5) is 2.09. The van der Waals surface area contributed by atoms with E-state index in [1.54, 1.807) is 12.1 Å². The summed E-state index contributed by atoms with van der Waals surface area (Å²) < 4.78 is 28.3. The fraction of sp³-hybridized carbons (Fsp3) is 0.500. The highest BCUT2D eigenvalue weighted by atomic mass is 32.2. The Morgan fingerprint density at radius 3 is 2.32 bits per heavy atom. The van der Waals surface area contributed by atoms with Gasteiger partial charge in [-0.3, -0.25) is 0 Å². The molecular formula is C12H19N3O3S. The fourth-order valence-corrected chi connectivity index (χ4v) is 3.03. The van der Waals surface area contributed by atoms with E-state index in [1.807, 2.05) is 13.8 Å². The fourth-order valence-electron chi connectivity index (χ4n) is 2.38. The van der Waals surface area contributed by atoms with Crippen LogP contribution in [0.3, 0.4) is 0 Å². The number of primary sulfonamides is 1. The predicted octanol–water partition coefficient (Wildman–Crippen LogP) is 0.530. The lowest BCUT2D eigenvalue weighted by atomic mass is 10.2. The minimum Gasteiger partial charge on any atom is -0.398 e. The van der Waals surface area contributed by atoms with Crippen LogP contribution in [0.4, 0.5) is 11.4 Å². The number of nitrogens with zero attached hydrogens (tertiary/aromatic N) is 1. The molecule has 4 N–H and O–H groups in total. The molecule has 1 aliphatic rings. The van der Waals surface area contributed by atoms with Crippen LogP contribution < -0.4 is 15.8 Å². The molecule has 0 spiro atoms. The molecule has 1 aromatic rings. The van der Waals surface area contributed by atoms with E-state index in [9.17, 15) is 8.42 Å². The average Bonchev–Trinajstić information content (AvgIpc) is 2.25. The lowest BCUT2D eigenvalue weighted by Crippen LogP contribution is -2.45. The lowest BCUT2D eigenvalue weighted by Gasteiger charge is -2.37. The third-order valence-corrected chi connectivity index (χ3v) is 4.07. The van der Waals surface area contributed by atoms with Crippen molar-refractivity contribution in [2.45, 2.75) is 31.0 Å². The smallest absolute Gasteiger partial charge is 0.240 e. The van der Waals surface area contributed by atoms with Gasteiger partial charge in [-0.05, 0) is 32.0 Å². The number of nitrogens with two attached hydrogens (primary N) is 2. The van der Waals surface area contributed by atoms with Gasteiger partial charge in [0.2, 0.25) is 10.0 Å². The number of anilines is 2. The molecule has 7 heteroatoms. The molecule has 2 atom stereocenters. The maximum Gasteiger partial charge on any atom is 0.240 e. The number of ether oxygens (including phenoxy) is 1. The Bertz CT molecular complexity index is 564. The van der Waals surface area contributed by atoms with Gasteiger partial charge in [0.25, 0.3) is 0 Å². The van der Waals surface area contributed by atoms with Crippen molar-refractivity contribution < 1.29 is 13.2 Å². The summed E-state index contributed by atoms with van der Waals surface area (Å²) in [5.41, 5.74) is 6.82. The van der Waals surface area contributed by atoms with Crippen molar-refractivity contribution >= 4 is 21.4 Å². The first kappa shape index (κ1) is 14.1. The van der Waals surface area contributed by atoms with Crippen molar-refractivity contribution in [2.75, 3.05) is 23.7 Å². The molecule has 106 valence electrons. The highest BCUT2D eigenvalue weighted by molar-refractivity contribution is 7.89. The van der Waals surface area contributed by atoms with Crippen molar-refractivity contribution in [3.63, 3.8) is 0 Å². The van der Waals surface area contributed by atoms with E-state index in [4.69, 9.17) is 15.6 Å². The standard InChI is InChI=1S/C12H19N3O3S/c1-8-6-15(7-9(2)18-8)10-3-4-12(11(13)5-10)19(14,16)17/h3-5,8-9H,6-7,13H2,1-2H3,(H2,14,16,17). The number of sulfonamides is 1. The Morgan fingerprint density at radius 2 is 1.84 bits per heavy atom. The third kappa shape index (κ3) is 3.17. The molecule has 0 radical (unpaired) electrons. The first-order valence-electron chi connectivity index (χ1n) is 6.10. The van der Waals surface area contributed by atoms with E-state index in [0.717, 1.165) is 18.8 Å². The molecule has 1 aromatic carbocycles. The Hall–Kier alpha value is -1.31. The highest BCUT2D eigenvalue weighted by Gasteiger charge is 2.23. The van der Waals surface area contributed by atoms with Gasteiger partial charge >= 0.3 is 0 Å². The van der Waals surface area contributed by atoms with Crippen LogP contribution in [-0.2, 0) is 14.8 Å². The maximum absolute atomic E-state index is 11.3. The number of benzene rings is 1. The summed E-state index contributed by atoms with van der Waals surface area (Å²) in [6.45, 7) is 5.51. The van der Waals surface area contributed by atoms with Gasteiger partial charge in [0.05, 0.1) is 17.9 Å². The van der Waals surface area contributed by atoms with E-state index >= 15 is 0 Å². The summed E-state index contributed by atoms with van der Waals surface area (Å²) >= 11 is 0. The maximum atomic E-state index is 11.3. The van der Waals surface area contributed by atoms with Gasteiger partial charge in [0.1, 0.15) is 4.90 Å². The zero-order valence-electron chi connectivity index (χ0n) is 11.0. The molecule has 0 saturated carbocycles. The van der Waals surface area contributed by atoms with E-state index in [0.29, 0.717) is 0 Å². The van der Waals surface area contributed by atoms with Gasteiger partial charge in [-0.25, -0.2) is 13.6 Å². The number of morpholine rings is 1. The summed E-state index contributed by atoms with van der Waals surface area (Å²) in [7, 11) is -3.77. The number of hydrogen-bond acceptors (Lipinski definition) is 5. The van der Waals surface area contributed by atoms with Crippen LogP contribution in [0, 0.1) is 0 Å². The number of rotatable bonds is 2. The normalized spacial score (nSPS) is 24.5. The molecular weight excluding hydrogens is 266 g/mol. The van der Waals surface area contributed by atoms with Crippen LogP contribution in [-0.4, -0.2) is 33.7 Å². The third-order valence-electron chi connectivity index (χ3n) is 3.08. The molecule has 1 fully saturated rings. The van der Waals surface area contributed by atoms with Crippen LogP contribution in [0.25, 0.3) is 0 Å². The minimum absolute atomic E-state index is 0.0365. The van der Waals surface area contributed by atoms with Gasteiger partial charge < -0.3 is 15.4 Å². The average molecular weight is 285 g/mol. The first-order valence-corrected chi connectivity index (χ1v) is 7.64. The second kappa shape index (κ2) is 4.99. The van der Waals surface area contributed by atoms with Crippen molar-refractivity contribution in [1.82, 2.24) is 0 Å². The Morgan fingerprint density at radius 1 is 1.26 bits per heavy atom. The molecule has 1 aliphatic heterocycles. The molecule has 19 heavy (non-hydrogen) atoms. The molecule has 1 saturated heterocycles.